The molecule has 0 bridgehead atoms. The van der Waals surface area contributed by atoms with Crippen LogP contribution in [0.3, 0.4) is 0 Å². The van der Waals surface area contributed by atoms with Crippen LogP contribution in [0.4, 0.5) is 11.5 Å². The second-order valence-electron chi connectivity index (χ2n) is 3.39. The summed E-state index contributed by atoms with van der Waals surface area (Å²) in [4.78, 5) is 7.77. The number of aromatic nitrogens is 2. The molecule has 0 unspecified atom stereocenters. The molecule has 1 aromatic carbocycles. The van der Waals surface area contributed by atoms with Crippen molar-refractivity contribution in [2.45, 2.75) is 6.54 Å². The molecule has 2 aromatic rings. The monoisotopic (exact) mass is 268 g/mol. The Balaban J connectivity index is 2.12. The Morgan fingerprint density at radius 1 is 1.24 bits per heavy atom. The predicted octanol–water partition coefficient (Wildman–Crippen LogP) is 2.98. The largest absolute Gasteiger partial charge is 0.394 e. The Kier molecular flexibility index (Phi) is 3.66. The number of benzene rings is 1. The molecular formula is C11H10Cl2N4. The van der Waals surface area contributed by atoms with Gasteiger partial charge in [-0.25, -0.2) is 4.98 Å². The molecule has 0 aliphatic heterocycles. The molecule has 1 aromatic heterocycles. The zero-order valence-corrected chi connectivity index (χ0v) is 10.3. The third-order valence-electron chi connectivity index (χ3n) is 2.19. The number of hydrogen-bond acceptors (Lipinski definition) is 4. The number of nitrogen functional groups attached to an aromatic ring is 1. The molecule has 0 spiro atoms. The lowest BCUT2D eigenvalue weighted by atomic mass is 10.2. The number of rotatable bonds is 3. The van der Waals surface area contributed by atoms with Crippen molar-refractivity contribution in [3.8, 4) is 0 Å². The van der Waals surface area contributed by atoms with E-state index in [2.05, 4.69) is 15.3 Å². The van der Waals surface area contributed by atoms with E-state index in [1.165, 1.54) is 6.20 Å². The summed E-state index contributed by atoms with van der Waals surface area (Å²) >= 11 is 11.7. The van der Waals surface area contributed by atoms with Gasteiger partial charge in [0.15, 0.2) is 5.82 Å². The molecule has 0 saturated heterocycles. The molecule has 17 heavy (non-hydrogen) atoms. The third-order valence-corrected chi connectivity index (χ3v) is 2.74. The van der Waals surface area contributed by atoms with Crippen molar-refractivity contribution in [2.75, 3.05) is 11.1 Å². The standard InChI is InChI=1S/C11H10Cl2N4/c12-8-4-2-1-3-7(8)5-15-10-9(14)6-16-11(13)17-10/h1-4,6H,5,14H2,(H,15,16,17). The highest BCUT2D eigenvalue weighted by atomic mass is 35.5. The van der Waals surface area contributed by atoms with E-state index in [1.807, 2.05) is 24.3 Å². The molecule has 0 fully saturated rings. The van der Waals surface area contributed by atoms with Gasteiger partial charge in [-0.15, -0.1) is 0 Å². The number of nitrogens with zero attached hydrogens (tertiary/aromatic N) is 2. The average Bonchev–Trinajstić information content (AvgIpc) is 2.32. The zero-order chi connectivity index (χ0) is 12.3. The molecule has 0 radical (unpaired) electrons. The lowest BCUT2D eigenvalue weighted by Crippen LogP contribution is -2.05. The fourth-order valence-corrected chi connectivity index (χ4v) is 1.67. The van der Waals surface area contributed by atoms with Crippen molar-refractivity contribution in [2.24, 2.45) is 0 Å². The zero-order valence-electron chi connectivity index (χ0n) is 8.82. The summed E-state index contributed by atoms with van der Waals surface area (Å²) in [5.41, 5.74) is 7.12. The fourth-order valence-electron chi connectivity index (χ4n) is 1.33. The molecular weight excluding hydrogens is 259 g/mol. The van der Waals surface area contributed by atoms with Crippen LogP contribution in [0.15, 0.2) is 30.5 Å². The Labute approximate surface area is 109 Å². The second kappa shape index (κ2) is 5.21. The van der Waals surface area contributed by atoms with E-state index < -0.39 is 0 Å². The normalized spacial score (nSPS) is 10.2. The van der Waals surface area contributed by atoms with Gasteiger partial charge in [-0.1, -0.05) is 29.8 Å². The van der Waals surface area contributed by atoms with E-state index in [0.717, 1.165) is 5.56 Å². The topological polar surface area (TPSA) is 63.8 Å². The molecule has 0 amide bonds. The Morgan fingerprint density at radius 2 is 2.00 bits per heavy atom. The lowest BCUT2D eigenvalue weighted by Gasteiger charge is -2.09. The van der Waals surface area contributed by atoms with Gasteiger partial charge in [0.05, 0.1) is 11.9 Å². The highest BCUT2D eigenvalue weighted by Crippen LogP contribution is 2.19. The predicted molar refractivity (Wildman–Crippen MR) is 70.2 cm³/mol. The highest BCUT2D eigenvalue weighted by molar-refractivity contribution is 6.31. The first-order chi connectivity index (χ1) is 8.16. The maximum absolute atomic E-state index is 6.03. The first kappa shape index (κ1) is 12.0. The molecule has 0 aliphatic carbocycles. The van der Waals surface area contributed by atoms with Crippen molar-refractivity contribution in [3.63, 3.8) is 0 Å². The molecule has 88 valence electrons. The van der Waals surface area contributed by atoms with E-state index in [9.17, 15) is 0 Å². The van der Waals surface area contributed by atoms with Gasteiger partial charge in [0.25, 0.3) is 0 Å². The molecule has 2 rings (SSSR count). The van der Waals surface area contributed by atoms with Gasteiger partial charge in [0, 0.05) is 11.6 Å². The maximum Gasteiger partial charge on any atom is 0.224 e. The first-order valence-corrected chi connectivity index (χ1v) is 5.67. The number of nitrogens with two attached hydrogens (primary N) is 1. The van der Waals surface area contributed by atoms with E-state index >= 15 is 0 Å². The van der Waals surface area contributed by atoms with E-state index in [0.29, 0.717) is 23.1 Å². The van der Waals surface area contributed by atoms with Gasteiger partial charge in [0.2, 0.25) is 5.28 Å². The van der Waals surface area contributed by atoms with Crippen molar-refractivity contribution >= 4 is 34.7 Å². The Morgan fingerprint density at radius 3 is 2.76 bits per heavy atom. The summed E-state index contributed by atoms with van der Waals surface area (Å²) in [5, 5.41) is 3.91. The van der Waals surface area contributed by atoms with Crippen LogP contribution in [0.5, 0.6) is 0 Å². The maximum atomic E-state index is 6.03. The van der Waals surface area contributed by atoms with Crippen LogP contribution in [0.1, 0.15) is 5.56 Å². The van der Waals surface area contributed by atoms with Crippen LogP contribution in [0.2, 0.25) is 10.3 Å². The van der Waals surface area contributed by atoms with Gasteiger partial charge in [-0.2, -0.15) is 4.98 Å². The summed E-state index contributed by atoms with van der Waals surface area (Å²) in [6.07, 6.45) is 1.46. The van der Waals surface area contributed by atoms with Crippen molar-refractivity contribution in [1.29, 1.82) is 0 Å². The smallest absolute Gasteiger partial charge is 0.224 e. The summed E-state index contributed by atoms with van der Waals surface area (Å²) in [6, 6.07) is 7.55. The molecule has 1 heterocycles. The third kappa shape index (κ3) is 2.99. The average molecular weight is 269 g/mol. The molecule has 3 N–H and O–H groups in total. The van der Waals surface area contributed by atoms with Crippen LogP contribution in [-0.2, 0) is 6.54 Å². The van der Waals surface area contributed by atoms with Gasteiger partial charge < -0.3 is 11.1 Å². The Bertz CT molecular complexity index is 531. The molecule has 0 atom stereocenters. The summed E-state index contributed by atoms with van der Waals surface area (Å²) in [7, 11) is 0. The molecule has 4 nitrogen and oxygen atoms in total. The minimum Gasteiger partial charge on any atom is -0.394 e. The Hall–Kier alpha value is -1.52. The van der Waals surface area contributed by atoms with Crippen LogP contribution in [-0.4, -0.2) is 9.97 Å². The quantitative estimate of drug-likeness (QED) is 0.841. The number of anilines is 2. The van der Waals surface area contributed by atoms with Crippen LogP contribution >= 0.6 is 23.2 Å². The van der Waals surface area contributed by atoms with Gasteiger partial charge in [0.1, 0.15) is 0 Å². The van der Waals surface area contributed by atoms with E-state index in [-0.39, 0.29) is 5.28 Å². The second-order valence-corrected chi connectivity index (χ2v) is 4.13. The number of nitrogens with one attached hydrogen (secondary N) is 1. The van der Waals surface area contributed by atoms with Gasteiger partial charge in [-0.3, -0.25) is 0 Å². The van der Waals surface area contributed by atoms with Gasteiger partial charge in [-0.05, 0) is 23.2 Å². The number of hydrogen-bond donors (Lipinski definition) is 2. The van der Waals surface area contributed by atoms with E-state index in [1.54, 1.807) is 0 Å². The van der Waals surface area contributed by atoms with Crippen LogP contribution in [0, 0.1) is 0 Å². The minimum absolute atomic E-state index is 0.154. The van der Waals surface area contributed by atoms with Crippen LogP contribution in [0.25, 0.3) is 0 Å². The first-order valence-electron chi connectivity index (χ1n) is 4.92. The number of halogens is 2. The highest BCUT2D eigenvalue weighted by Gasteiger charge is 2.04. The SMILES string of the molecule is Nc1cnc(Cl)nc1NCc1ccccc1Cl. The van der Waals surface area contributed by atoms with Crippen molar-refractivity contribution < 1.29 is 0 Å². The molecule has 0 saturated carbocycles. The van der Waals surface area contributed by atoms with Crippen molar-refractivity contribution in [3.05, 3.63) is 46.3 Å². The molecule has 6 heteroatoms. The summed E-state index contributed by atoms with van der Waals surface area (Å²) in [6.45, 7) is 0.525. The summed E-state index contributed by atoms with van der Waals surface area (Å²) in [5.74, 6) is 0.505. The van der Waals surface area contributed by atoms with Gasteiger partial charge >= 0.3 is 0 Å². The summed E-state index contributed by atoms with van der Waals surface area (Å²) < 4.78 is 0. The lowest BCUT2D eigenvalue weighted by molar-refractivity contribution is 1.08. The van der Waals surface area contributed by atoms with Crippen LogP contribution < -0.4 is 11.1 Å². The molecule has 0 aliphatic rings. The minimum atomic E-state index is 0.154. The van der Waals surface area contributed by atoms with E-state index in [4.69, 9.17) is 28.9 Å². The van der Waals surface area contributed by atoms with Crippen molar-refractivity contribution in [1.82, 2.24) is 9.97 Å². The fraction of sp³-hybridized carbons (Fsp3) is 0.0909.